The van der Waals surface area contributed by atoms with Crippen molar-refractivity contribution in [2.75, 3.05) is 5.32 Å². The molecule has 2 aromatic rings. The molecule has 0 saturated heterocycles. The van der Waals surface area contributed by atoms with Crippen LogP contribution in [0.3, 0.4) is 0 Å². The fraction of sp³-hybridized carbons (Fsp3) is 0.350. The third-order valence-electron chi connectivity index (χ3n) is 4.64. The zero-order chi connectivity index (χ0) is 16.1. The van der Waals surface area contributed by atoms with Crippen molar-refractivity contribution in [3.8, 4) is 12.3 Å². The average Bonchev–Trinajstić information content (AvgIpc) is 3.26. The second kappa shape index (κ2) is 7.48. The van der Waals surface area contributed by atoms with Gasteiger partial charge >= 0.3 is 0 Å². The number of hydrogen-bond donors (Lipinski definition) is 1. The van der Waals surface area contributed by atoms with Gasteiger partial charge in [-0.2, -0.15) is 0 Å². The lowest BCUT2D eigenvalue weighted by atomic mass is 9.85. The van der Waals surface area contributed by atoms with Gasteiger partial charge in [0.1, 0.15) is 0 Å². The lowest BCUT2D eigenvalue weighted by Crippen LogP contribution is -2.13. The van der Waals surface area contributed by atoms with Crippen LogP contribution in [0.2, 0.25) is 0 Å². The van der Waals surface area contributed by atoms with Gasteiger partial charge in [-0.1, -0.05) is 50.3 Å². The first kappa shape index (κ1) is 15.8. The average molecular weight is 322 g/mol. The van der Waals surface area contributed by atoms with Crippen molar-refractivity contribution in [2.45, 2.75) is 38.0 Å². The molecule has 3 rings (SSSR count). The maximum atomic E-state index is 5.47. The highest BCUT2D eigenvalue weighted by Crippen LogP contribution is 2.37. The molecule has 1 atom stereocenters. The molecule has 0 amide bonds. The van der Waals surface area contributed by atoms with E-state index in [1.165, 1.54) is 31.2 Å². The van der Waals surface area contributed by atoms with E-state index < -0.39 is 0 Å². The molecule has 1 unspecified atom stereocenters. The molecule has 1 aromatic heterocycles. The minimum absolute atomic E-state index is 0.300. The molecule has 0 radical (unpaired) electrons. The summed E-state index contributed by atoms with van der Waals surface area (Å²) in [6, 6.07) is 8.33. The van der Waals surface area contributed by atoms with Gasteiger partial charge in [0.25, 0.3) is 0 Å². The van der Waals surface area contributed by atoms with Crippen LogP contribution in [0.15, 0.2) is 48.1 Å². The highest BCUT2D eigenvalue weighted by atomic mass is 32.1. The standard InChI is InChI=1S/C20H22N2S/c1-3-16-8-10-18(11-9-16)19(14-17-6-4-5-7-17)15(2)22-20-21-12-13-23-20/h1,8-13,17,19H,2,4-7,14H2,(H,21,22). The van der Waals surface area contributed by atoms with E-state index >= 15 is 0 Å². The molecule has 0 aliphatic heterocycles. The maximum Gasteiger partial charge on any atom is 0.186 e. The molecule has 1 N–H and O–H groups in total. The van der Waals surface area contributed by atoms with E-state index in [-0.39, 0.29) is 0 Å². The van der Waals surface area contributed by atoms with Crippen LogP contribution in [0, 0.1) is 18.3 Å². The van der Waals surface area contributed by atoms with E-state index in [4.69, 9.17) is 6.42 Å². The highest BCUT2D eigenvalue weighted by Gasteiger charge is 2.23. The summed E-state index contributed by atoms with van der Waals surface area (Å²) in [7, 11) is 0. The van der Waals surface area contributed by atoms with Gasteiger partial charge in [0.2, 0.25) is 0 Å². The molecule has 0 bridgehead atoms. The quantitative estimate of drug-likeness (QED) is 0.719. The van der Waals surface area contributed by atoms with Crippen molar-refractivity contribution in [1.29, 1.82) is 0 Å². The van der Waals surface area contributed by atoms with Crippen molar-refractivity contribution in [3.05, 3.63) is 59.2 Å². The third kappa shape index (κ3) is 4.03. The number of rotatable bonds is 6. The van der Waals surface area contributed by atoms with E-state index in [9.17, 15) is 0 Å². The highest BCUT2D eigenvalue weighted by molar-refractivity contribution is 7.13. The molecule has 3 heteroatoms. The minimum Gasteiger partial charge on any atom is -0.335 e. The van der Waals surface area contributed by atoms with Crippen LogP contribution >= 0.6 is 11.3 Å². The van der Waals surface area contributed by atoms with Crippen LogP contribution in [0.5, 0.6) is 0 Å². The Morgan fingerprint density at radius 2 is 2.09 bits per heavy atom. The Labute approximate surface area is 142 Å². The van der Waals surface area contributed by atoms with Crippen LogP contribution in [0.25, 0.3) is 0 Å². The summed E-state index contributed by atoms with van der Waals surface area (Å²) >= 11 is 1.60. The topological polar surface area (TPSA) is 24.9 Å². The molecule has 118 valence electrons. The van der Waals surface area contributed by atoms with Crippen LogP contribution in [-0.4, -0.2) is 4.98 Å². The Kier molecular flexibility index (Phi) is 5.15. The SMILES string of the molecule is C#Cc1ccc(C(CC2CCCC2)C(=C)Nc2nccs2)cc1. The summed E-state index contributed by atoms with van der Waals surface area (Å²) in [5, 5.41) is 6.28. The van der Waals surface area contributed by atoms with Crippen molar-refractivity contribution in [3.63, 3.8) is 0 Å². The molecule has 1 aliphatic rings. The Hall–Kier alpha value is -2.05. The summed E-state index contributed by atoms with van der Waals surface area (Å²) in [5.41, 5.74) is 3.23. The molecular weight excluding hydrogens is 300 g/mol. The minimum atomic E-state index is 0.300. The number of hydrogen-bond acceptors (Lipinski definition) is 3. The van der Waals surface area contributed by atoms with E-state index in [0.29, 0.717) is 5.92 Å². The predicted octanol–water partition coefficient (Wildman–Crippen LogP) is 5.41. The number of anilines is 1. The zero-order valence-corrected chi connectivity index (χ0v) is 14.1. The number of thiazole rings is 1. The van der Waals surface area contributed by atoms with Gasteiger partial charge in [-0.25, -0.2) is 4.98 Å². The van der Waals surface area contributed by atoms with Crippen molar-refractivity contribution in [1.82, 2.24) is 4.98 Å². The van der Waals surface area contributed by atoms with Gasteiger partial charge in [0.15, 0.2) is 5.13 Å². The van der Waals surface area contributed by atoms with Crippen LogP contribution in [-0.2, 0) is 0 Å². The summed E-state index contributed by atoms with van der Waals surface area (Å²) in [6.07, 6.45) is 13.8. The second-order valence-electron chi connectivity index (χ2n) is 6.19. The summed E-state index contributed by atoms with van der Waals surface area (Å²) < 4.78 is 0. The van der Waals surface area contributed by atoms with E-state index in [1.807, 2.05) is 23.7 Å². The number of allylic oxidation sites excluding steroid dienone is 1. The van der Waals surface area contributed by atoms with Gasteiger partial charge in [0.05, 0.1) is 0 Å². The lowest BCUT2D eigenvalue weighted by molar-refractivity contribution is 0.471. The fourth-order valence-corrected chi connectivity index (χ4v) is 3.94. The van der Waals surface area contributed by atoms with Gasteiger partial charge in [-0.15, -0.1) is 17.8 Å². The van der Waals surface area contributed by atoms with E-state index in [0.717, 1.165) is 28.7 Å². The fourth-order valence-electron chi connectivity index (χ4n) is 3.38. The molecular formula is C20H22N2S. The summed E-state index contributed by atoms with van der Waals surface area (Å²) in [6.45, 7) is 4.31. The van der Waals surface area contributed by atoms with Gasteiger partial charge in [0, 0.05) is 28.8 Å². The zero-order valence-electron chi connectivity index (χ0n) is 13.3. The number of nitrogens with zero attached hydrogens (tertiary/aromatic N) is 1. The first-order chi connectivity index (χ1) is 11.3. The number of terminal acetylenes is 1. The predicted molar refractivity (Wildman–Crippen MR) is 98.6 cm³/mol. The smallest absolute Gasteiger partial charge is 0.186 e. The Morgan fingerprint density at radius 1 is 1.35 bits per heavy atom. The normalized spacial score (nSPS) is 16.0. The molecule has 23 heavy (non-hydrogen) atoms. The summed E-state index contributed by atoms with van der Waals surface area (Å²) in [5.74, 6) is 3.78. The maximum absolute atomic E-state index is 5.47. The van der Waals surface area contributed by atoms with Crippen LogP contribution in [0.1, 0.15) is 49.1 Å². The van der Waals surface area contributed by atoms with E-state index in [1.54, 1.807) is 11.3 Å². The van der Waals surface area contributed by atoms with Gasteiger partial charge in [-0.3, -0.25) is 0 Å². The molecule has 1 saturated carbocycles. The Morgan fingerprint density at radius 3 is 2.70 bits per heavy atom. The van der Waals surface area contributed by atoms with Crippen molar-refractivity contribution < 1.29 is 0 Å². The molecule has 1 fully saturated rings. The molecule has 1 heterocycles. The molecule has 0 spiro atoms. The van der Waals surface area contributed by atoms with Crippen molar-refractivity contribution >= 4 is 16.5 Å². The van der Waals surface area contributed by atoms with Crippen molar-refractivity contribution in [2.24, 2.45) is 5.92 Å². The van der Waals surface area contributed by atoms with Gasteiger partial charge in [-0.05, 0) is 30.0 Å². The second-order valence-corrected chi connectivity index (χ2v) is 7.09. The molecule has 1 aromatic carbocycles. The Bertz CT molecular complexity index is 673. The van der Waals surface area contributed by atoms with Gasteiger partial charge < -0.3 is 5.32 Å². The number of aromatic nitrogens is 1. The largest absolute Gasteiger partial charge is 0.335 e. The first-order valence-corrected chi connectivity index (χ1v) is 9.06. The third-order valence-corrected chi connectivity index (χ3v) is 5.33. The van der Waals surface area contributed by atoms with E-state index in [2.05, 4.69) is 34.9 Å². The monoisotopic (exact) mass is 322 g/mol. The Balaban J connectivity index is 1.79. The van der Waals surface area contributed by atoms with Crippen LogP contribution < -0.4 is 5.32 Å². The van der Waals surface area contributed by atoms with Crippen LogP contribution in [0.4, 0.5) is 5.13 Å². The number of benzene rings is 1. The summed E-state index contributed by atoms with van der Waals surface area (Å²) in [4.78, 5) is 4.31. The first-order valence-electron chi connectivity index (χ1n) is 8.18. The molecule has 2 nitrogen and oxygen atoms in total. The number of nitrogens with one attached hydrogen (secondary N) is 1. The molecule has 1 aliphatic carbocycles. The lowest BCUT2D eigenvalue weighted by Gasteiger charge is -2.24.